The Labute approximate surface area is 230 Å². The third kappa shape index (κ3) is 6.74. The van der Waals surface area contributed by atoms with Crippen LogP contribution in [0.1, 0.15) is 33.4 Å². The summed E-state index contributed by atoms with van der Waals surface area (Å²) >= 11 is 1.46. The van der Waals surface area contributed by atoms with E-state index in [2.05, 4.69) is 119 Å². The fraction of sp³-hybridized carbons (Fsp3) is 0.114. The first-order valence-corrected chi connectivity index (χ1v) is 13.6. The number of fused-ring (bicyclic) bond motifs is 3. The van der Waals surface area contributed by atoms with Crippen LogP contribution >= 0.6 is 0 Å². The molecule has 0 aliphatic carbocycles. The molecule has 0 aromatic heterocycles. The molecule has 0 bridgehead atoms. The van der Waals surface area contributed by atoms with Gasteiger partial charge < -0.3 is 0 Å². The fourth-order valence-electron chi connectivity index (χ4n) is 4.19. The zero-order valence-electron chi connectivity index (χ0n) is 21.5. The molecule has 0 atom stereocenters. The molecule has 0 nitrogen and oxygen atoms in total. The Kier molecular flexibility index (Phi) is 8.79. The quantitative estimate of drug-likeness (QED) is 0.191. The van der Waals surface area contributed by atoms with E-state index < -0.39 is 0 Å². The predicted octanol–water partition coefficient (Wildman–Crippen LogP) is 9.15. The van der Waals surface area contributed by atoms with Crippen molar-refractivity contribution < 1.29 is 24.2 Å². The van der Waals surface area contributed by atoms with Gasteiger partial charge in [0.1, 0.15) is 0 Å². The monoisotopic (exact) mass is 542 g/mol. The molecule has 1 heteroatoms. The summed E-state index contributed by atoms with van der Waals surface area (Å²) in [6, 6.07) is 43.1. The largest absolute Gasteiger partial charge is 0.214 e. The van der Waals surface area contributed by atoms with Gasteiger partial charge in [0.05, 0.1) is 0 Å². The maximum Gasteiger partial charge on any atom is -0.0469 e. The van der Waals surface area contributed by atoms with Gasteiger partial charge in [-0.3, -0.25) is 0 Å². The Bertz CT molecular complexity index is 1420. The van der Waals surface area contributed by atoms with E-state index in [9.17, 15) is 0 Å². The second-order valence-electron chi connectivity index (χ2n) is 9.40. The van der Waals surface area contributed by atoms with Crippen molar-refractivity contribution in [2.24, 2.45) is 0 Å². The molecule has 0 fully saturated rings. The van der Waals surface area contributed by atoms with Crippen molar-refractivity contribution in [1.82, 2.24) is 0 Å². The van der Waals surface area contributed by atoms with E-state index in [1.54, 1.807) is 0 Å². The average molecular weight is 544 g/mol. The Morgan fingerprint density at radius 1 is 0.528 bits per heavy atom. The summed E-state index contributed by atoms with van der Waals surface area (Å²) in [5.41, 5.74) is 7.97. The smallest absolute Gasteiger partial charge is 0.0469 e. The molecule has 6 rings (SSSR count). The predicted molar refractivity (Wildman–Crippen MR) is 154 cm³/mol. The van der Waals surface area contributed by atoms with Crippen LogP contribution in [0.4, 0.5) is 0 Å². The normalized spacial score (nSPS) is 10.4. The van der Waals surface area contributed by atoms with Crippen LogP contribution in [0, 0.1) is 27.7 Å². The van der Waals surface area contributed by atoms with Crippen LogP contribution in [0.5, 0.6) is 0 Å². The Balaban J connectivity index is 0.000000142. The molecule has 6 aromatic carbocycles. The number of rotatable bonds is 2. The first kappa shape index (κ1) is 25.9. The summed E-state index contributed by atoms with van der Waals surface area (Å²) in [5.74, 6) is 0. The molecule has 0 aliphatic heterocycles. The number of aryl methyl sites for hydroxylation is 4. The van der Waals surface area contributed by atoms with Crippen molar-refractivity contribution in [2.45, 2.75) is 27.7 Å². The van der Waals surface area contributed by atoms with Gasteiger partial charge in [-0.05, 0) is 13.8 Å². The van der Waals surface area contributed by atoms with Crippen LogP contribution in [0.3, 0.4) is 0 Å². The molecule has 176 valence electrons. The standard InChI is InChI=1S/C15H13.C15H14.C5H5.Zr/c1-10-3-5-14-12(7-10)9-13-8-11(2)4-6-15(13)14;1-12-3-7-14(8-4-12)11-15-9-5-13(2)6-10-15;1-2-4-5-3-1;/h3-9H,1-2H3;3-10H,1-2H3;1-5H;/q-1;;-1;+2. The van der Waals surface area contributed by atoms with Crippen LogP contribution in [-0.4, -0.2) is 3.21 Å². The molecular formula is C35H32Zr. The van der Waals surface area contributed by atoms with E-state index in [-0.39, 0.29) is 0 Å². The molecule has 0 saturated heterocycles. The Morgan fingerprint density at radius 3 is 1.28 bits per heavy atom. The molecule has 0 spiro atoms. The van der Waals surface area contributed by atoms with Crippen LogP contribution in [0.2, 0.25) is 0 Å². The van der Waals surface area contributed by atoms with E-state index in [4.69, 9.17) is 0 Å². The van der Waals surface area contributed by atoms with Crippen LogP contribution in [-0.2, 0) is 24.2 Å². The minimum absolute atomic E-state index is 1.32. The SMILES string of the molecule is Cc1ccc([C](=[Zr+2])c2ccc(C)cc2)cc1.Cc1ccc2c(c1)[cH-]c1cc(C)ccc12.c1cc[cH-]c1. The molecule has 36 heavy (non-hydrogen) atoms. The summed E-state index contributed by atoms with van der Waals surface area (Å²) in [6.45, 7) is 8.53. The number of hydrogen-bond acceptors (Lipinski definition) is 0. The molecule has 0 radical (unpaired) electrons. The minimum Gasteiger partial charge on any atom is -0.214 e. The first-order valence-electron chi connectivity index (χ1n) is 12.4. The molecule has 0 N–H and O–H groups in total. The molecular weight excluding hydrogens is 512 g/mol. The third-order valence-corrected chi connectivity index (χ3v) is 7.67. The minimum atomic E-state index is 1.32. The van der Waals surface area contributed by atoms with E-state index in [1.807, 2.05) is 30.3 Å². The van der Waals surface area contributed by atoms with Crippen molar-refractivity contribution in [3.63, 3.8) is 0 Å². The summed E-state index contributed by atoms with van der Waals surface area (Å²) in [5, 5.41) is 5.46. The van der Waals surface area contributed by atoms with Gasteiger partial charge in [-0.25, -0.2) is 12.1 Å². The number of hydrogen-bond donors (Lipinski definition) is 0. The van der Waals surface area contributed by atoms with E-state index in [0.717, 1.165) is 0 Å². The Hall–Kier alpha value is -3.15. The topological polar surface area (TPSA) is 0 Å². The van der Waals surface area contributed by atoms with Crippen molar-refractivity contribution in [3.05, 3.63) is 155 Å². The Morgan fingerprint density at radius 2 is 0.917 bits per heavy atom. The maximum absolute atomic E-state index is 2.28. The molecule has 0 heterocycles. The second kappa shape index (κ2) is 12.2. The van der Waals surface area contributed by atoms with Crippen molar-refractivity contribution in [3.8, 4) is 0 Å². The molecule has 0 unspecified atom stereocenters. The van der Waals surface area contributed by atoms with Crippen molar-refractivity contribution in [2.75, 3.05) is 0 Å². The van der Waals surface area contributed by atoms with Gasteiger partial charge in [0.25, 0.3) is 0 Å². The second-order valence-corrected chi connectivity index (χ2v) is 10.6. The van der Waals surface area contributed by atoms with Crippen molar-refractivity contribution >= 4 is 24.8 Å². The van der Waals surface area contributed by atoms with Crippen molar-refractivity contribution in [1.29, 1.82) is 0 Å². The molecule has 6 aromatic rings. The average Bonchev–Trinajstić information content (AvgIpc) is 3.56. The zero-order chi connectivity index (χ0) is 25.5. The van der Waals surface area contributed by atoms with E-state index >= 15 is 0 Å². The van der Waals surface area contributed by atoms with Gasteiger partial charge in [-0.2, -0.15) is 18.2 Å². The van der Waals surface area contributed by atoms with Gasteiger partial charge in [0.15, 0.2) is 0 Å². The fourth-order valence-corrected chi connectivity index (χ4v) is 5.01. The molecule has 0 amide bonds. The summed E-state index contributed by atoms with van der Waals surface area (Å²) in [6.07, 6.45) is 0. The third-order valence-electron chi connectivity index (χ3n) is 6.25. The van der Waals surface area contributed by atoms with Crippen LogP contribution < -0.4 is 0 Å². The number of benzene rings is 4. The van der Waals surface area contributed by atoms with Crippen LogP contribution in [0.25, 0.3) is 21.5 Å². The summed E-state index contributed by atoms with van der Waals surface area (Å²) in [4.78, 5) is 0. The van der Waals surface area contributed by atoms with Gasteiger partial charge in [0, 0.05) is 0 Å². The summed E-state index contributed by atoms with van der Waals surface area (Å²) < 4.78 is 1.42. The zero-order valence-corrected chi connectivity index (χ0v) is 24.0. The van der Waals surface area contributed by atoms with Gasteiger partial charge in [-0.15, -0.1) is 39.7 Å². The van der Waals surface area contributed by atoms with Gasteiger partial charge >= 0.3 is 112 Å². The van der Waals surface area contributed by atoms with Gasteiger partial charge in [-0.1, -0.05) is 35.4 Å². The maximum atomic E-state index is 2.28. The summed E-state index contributed by atoms with van der Waals surface area (Å²) in [7, 11) is 0. The molecule has 0 saturated carbocycles. The van der Waals surface area contributed by atoms with E-state index in [1.165, 1.54) is 82.4 Å². The van der Waals surface area contributed by atoms with Gasteiger partial charge in [0.2, 0.25) is 0 Å². The first-order chi connectivity index (χ1) is 17.4. The van der Waals surface area contributed by atoms with E-state index in [0.29, 0.717) is 0 Å². The molecule has 0 aliphatic rings. The van der Waals surface area contributed by atoms with Crippen LogP contribution in [0.15, 0.2) is 121 Å².